The maximum absolute atomic E-state index is 12.8. The molecule has 1 fully saturated rings. The van der Waals surface area contributed by atoms with Gasteiger partial charge >= 0.3 is 0 Å². The van der Waals surface area contributed by atoms with Gasteiger partial charge in [0.2, 0.25) is 0 Å². The van der Waals surface area contributed by atoms with Crippen LogP contribution in [-0.4, -0.2) is 44.9 Å². The molecule has 1 saturated heterocycles. The van der Waals surface area contributed by atoms with Crippen LogP contribution in [0, 0.1) is 20.8 Å². The number of nitrogens with zero attached hydrogens (tertiary/aromatic N) is 3. The van der Waals surface area contributed by atoms with Crippen molar-refractivity contribution in [2.24, 2.45) is 0 Å². The van der Waals surface area contributed by atoms with Gasteiger partial charge in [0.05, 0.1) is 35.8 Å². The molecule has 3 rings (SSSR count). The van der Waals surface area contributed by atoms with E-state index < -0.39 is 0 Å². The van der Waals surface area contributed by atoms with E-state index in [1.165, 1.54) is 0 Å². The van der Waals surface area contributed by atoms with Crippen LogP contribution in [0.4, 0.5) is 0 Å². The summed E-state index contributed by atoms with van der Waals surface area (Å²) in [6, 6.07) is 6.15. The number of benzene rings is 1. The second-order valence-corrected chi connectivity index (χ2v) is 6.32. The van der Waals surface area contributed by atoms with Gasteiger partial charge in [-0.3, -0.25) is 4.79 Å². The topological polar surface area (TPSA) is 58.4 Å². The predicted octanol–water partition coefficient (Wildman–Crippen LogP) is 2.39. The van der Waals surface area contributed by atoms with Crippen molar-refractivity contribution in [1.29, 1.82) is 0 Å². The van der Waals surface area contributed by atoms with E-state index >= 15 is 0 Å². The van der Waals surface area contributed by atoms with Gasteiger partial charge in [-0.1, -0.05) is 12.1 Å². The molecule has 0 saturated carbocycles. The zero-order valence-electron chi connectivity index (χ0n) is 13.9. The summed E-state index contributed by atoms with van der Waals surface area (Å²) < 4.78 is 1.83. The molecule has 1 atom stereocenters. The van der Waals surface area contributed by atoms with Crippen molar-refractivity contribution in [3.63, 3.8) is 0 Å². The Morgan fingerprint density at radius 3 is 2.87 bits per heavy atom. The maximum Gasteiger partial charge on any atom is 0.257 e. The molecule has 2 heterocycles. The number of aryl methyl sites for hydroxylation is 2. The first-order chi connectivity index (χ1) is 11.0. The monoisotopic (exact) mass is 313 g/mol. The average Bonchev–Trinajstić information content (AvgIpc) is 3.15. The quantitative estimate of drug-likeness (QED) is 0.946. The van der Waals surface area contributed by atoms with Gasteiger partial charge in [-0.25, -0.2) is 4.68 Å². The highest BCUT2D eigenvalue weighted by Crippen LogP contribution is 2.23. The van der Waals surface area contributed by atoms with Gasteiger partial charge in [-0.05, 0) is 50.8 Å². The number of hydrogen-bond acceptors (Lipinski definition) is 3. The number of amides is 1. The van der Waals surface area contributed by atoms with E-state index in [4.69, 9.17) is 0 Å². The number of rotatable bonds is 3. The number of hydrogen-bond donors (Lipinski definition) is 1. The molecule has 0 radical (unpaired) electrons. The van der Waals surface area contributed by atoms with E-state index in [-0.39, 0.29) is 18.6 Å². The minimum atomic E-state index is -0.0639. The highest BCUT2D eigenvalue weighted by molar-refractivity contribution is 5.95. The Kier molecular flexibility index (Phi) is 4.22. The van der Waals surface area contributed by atoms with Crippen molar-refractivity contribution >= 4 is 5.91 Å². The van der Waals surface area contributed by atoms with Crippen molar-refractivity contribution in [3.8, 4) is 5.69 Å². The van der Waals surface area contributed by atoms with Gasteiger partial charge < -0.3 is 10.0 Å². The molecular weight excluding hydrogens is 290 g/mol. The second-order valence-electron chi connectivity index (χ2n) is 6.32. The first-order valence-electron chi connectivity index (χ1n) is 8.07. The van der Waals surface area contributed by atoms with E-state index in [0.29, 0.717) is 12.1 Å². The summed E-state index contributed by atoms with van der Waals surface area (Å²) in [4.78, 5) is 14.6. The number of aromatic nitrogens is 2. The minimum absolute atomic E-state index is 0.0237. The first kappa shape index (κ1) is 15.7. The second kappa shape index (κ2) is 6.16. The molecule has 0 spiro atoms. The highest BCUT2D eigenvalue weighted by Gasteiger charge is 2.30. The summed E-state index contributed by atoms with van der Waals surface area (Å²) in [5.41, 5.74) is 4.74. The lowest BCUT2D eigenvalue weighted by atomic mass is 10.1. The molecule has 23 heavy (non-hydrogen) atoms. The molecule has 1 N–H and O–H groups in total. The number of aliphatic hydroxyl groups excluding tert-OH is 1. The van der Waals surface area contributed by atoms with Crippen LogP contribution in [0.2, 0.25) is 0 Å². The third kappa shape index (κ3) is 2.77. The Morgan fingerprint density at radius 1 is 1.35 bits per heavy atom. The number of likely N-dealkylation sites (tertiary alicyclic amines) is 1. The zero-order chi connectivity index (χ0) is 16.6. The van der Waals surface area contributed by atoms with E-state index in [0.717, 1.165) is 35.3 Å². The van der Waals surface area contributed by atoms with Gasteiger partial charge in [0.25, 0.3) is 5.91 Å². The fraction of sp³-hybridized carbons (Fsp3) is 0.444. The molecule has 2 aromatic rings. The van der Waals surface area contributed by atoms with E-state index in [2.05, 4.69) is 23.3 Å². The van der Waals surface area contributed by atoms with Crippen LogP contribution in [0.15, 0.2) is 24.4 Å². The van der Waals surface area contributed by atoms with E-state index in [1.807, 2.05) is 25.5 Å². The summed E-state index contributed by atoms with van der Waals surface area (Å²) in [6.07, 6.45) is 3.46. The zero-order valence-corrected chi connectivity index (χ0v) is 13.9. The number of carbonyl (C=O) groups is 1. The van der Waals surface area contributed by atoms with Crippen LogP contribution < -0.4 is 0 Å². The third-order valence-electron chi connectivity index (χ3n) is 4.68. The summed E-state index contributed by atoms with van der Waals surface area (Å²) in [6.45, 7) is 6.74. The predicted molar refractivity (Wildman–Crippen MR) is 88.9 cm³/mol. The number of aliphatic hydroxyl groups is 1. The molecule has 1 aromatic heterocycles. The Hall–Kier alpha value is -2.14. The van der Waals surface area contributed by atoms with Gasteiger partial charge in [-0.2, -0.15) is 5.10 Å². The van der Waals surface area contributed by atoms with Crippen LogP contribution in [0.1, 0.15) is 40.0 Å². The minimum Gasteiger partial charge on any atom is -0.394 e. The van der Waals surface area contributed by atoms with Crippen LogP contribution in [0.3, 0.4) is 0 Å². The summed E-state index contributed by atoms with van der Waals surface area (Å²) in [5, 5.41) is 13.9. The molecule has 0 aliphatic carbocycles. The van der Waals surface area contributed by atoms with Gasteiger partial charge in [0.1, 0.15) is 0 Å². The summed E-state index contributed by atoms with van der Waals surface area (Å²) in [5.74, 6) is -0.0318. The van der Waals surface area contributed by atoms with Crippen molar-refractivity contribution in [2.45, 2.75) is 39.7 Å². The molecule has 0 bridgehead atoms. The molecule has 0 unspecified atom stereocenters. The molecule has 122 valence electrons. The number of carbonyl (C=O) groups excluding carboxylic acids is 1. The standard InChI is InChI=1S/C18H23N3O2/c1-12-6-7-13(2)17(9-12)21-14(3)16(10-19-21)18(23)20-8-4-5-15(20)11-22/h6-7,9-10,15,22H,4-5,8,11H2,1-3H3/t15-/m0/s1. The summed E-state index contributed by atoms with van der Waals surface area (Å²) >= 11 is 0. The lowest BCUT2D eigenvalue weighted by molar-refractivity contribution is 0.0677. The fourth-order valence-electron chi connectivity index (χ4n) is 3.26. The van der Waals surface area contributed by atoms with E-state index in [1.54, 1.807) is 11.1 Å². The fourth-order valence-corrected chi connectivity index (χ4v) is 3.26. The molecule has 5 heteroatoms. The maximum atomic E-state index is 12.8. The SMILES string of the molecule is Cc1ccc(C)c(-n2ncc(C(=O)N3CCC[C@H]3CO)c2C)c1. The van der Waals surface area contributed by atoms with Gasteiger partial charge in [0.15, 0.2) is 0 Å². The van der Waals surface area contributed by atoms with Crippen LogP contribution >= 0.6 is 0 Å². The Balaban J connectivity index is 1.96. The van der Waals surface area contributed by atoms with Crippen LogP contribution in [0.25, 0.3) is 5.69 Å². The Bertz CT molecular complexity index is 736. The van der Waals surface area contributed by atoms with Crippen molar-refractivity contribution < 1.29 is 9.90 Å². The van der Waals surface area contributed by atoms with Gasteiger partial charge in [-0.15, -0.1) is 0 Å². The Labute approximate surface area is 136 Å². The smallest absolute Gasteiger partial charge is 0.257 e. The van der Waals surface area contributed by atoms with Crippen LogP contribution in [-0.2, 0) is 0 Å². The van der Waals surface area contributed by atoms with Crippen molar-refractivity contribution in [2.75, 3.05) is 13.2 Å². The molecule has 1 amide bonds. The lowest BCUT2D eigenvalue weighted by Gasteiger charge is -2.22. The molecular formula is C18H23N3O2. The lowest BCUT2D eigenvalue weighted by Crippen LogP contribution is -2.37. The highest BCUT2D eigenvalue weighted by atomic mass is 16.3. The van der Waals surface area contributed by atoms with Gasteiger partial charge in [0, 0.05) is 6.54 Å². The van der Waals surface area contributed by atoms with Crippen molar-refractivity contribution in [3.05, 3.63) is 46.8 Å². The molecule has 1 aliphatic rings. The molecule has 5 nitrogen and oxygen atoms in total. The largest absolute Gasteiger partial charge is 0.394 e. The Morgan fingerprint density at radius 2 is 2.13 bits per heavy atom. The average molecular weight is 313 g/mol. The molecule has 1 aliphatic heterocycles. The normalized spacial score (nSPS) is 17.7. The summed E-state index contributed by atoms with van der Waals surface area (Å²) in [7, 11) is 0. The van der Waals surface area contributed by atoms with Crippen LogP contribution in [0.5, 0.6) is 0 Å². The first-order valence-corrected chi connectivity index (χ1v) is 8.07. The third-order valence-corrected chi connectivity index (χ3v) is 4.68. The van der Waals surface area contributed by atoms with E-state index in [9.17, 15) is 9.90 Å². The molecule has 1 aromatic carbocycles. The van der Waals surface area contributed by atoms with Crippen molar-refractivity contribution in [1.82, 2.24) is 14.7 Å².